The normalized spacial score (nSPS) is 19.9. The van der Waals surface area contributed by atoms with Gasteiger partial charge in [0.05, 0.1) is 48.8 Å². The number of carbonyl (C=O) groups is 2. The van der Waals surface area contributed by atoms with E-state index >= 15 is 0 Å². The number of hydrogen-bond acceptors (Lipinski definition) is 8. The van der Waals surface area contributed by atoms with Gasteiger partial charge < -0.3 is 29.1 Å². The monoisotopic (exact) mass is 695 g/mol. The lowest BCUT2D eigenvalue weighted by Gasteiger charge is -2.36. The van der Waals surface area contributed by atoms with Crippen molar-refractivity contribution >= 4 is 27.5 Å². The van der Waals surface area contributed by atoms with Gasteiger partial charge in [0.1, 0.15) is 11.5 Å². The Kier molecular flexibility index (Phi) is 13.5. The SMILES string of the molecule is COc1ccc(S(=O)(=O)Nc2ccc3c(c2)C(=O)N([C@H](C)CO)C[C@H](C)[C@@H](CN(C)C(=O)Cc2ccccc2)OCCCC[C@@H](C)O3)cc1. The molecule has 49 heavy (non-hydrogen) atoms. The van der Waals surface area contributed by atoms with E-state index in [1.807, 2.05) is 44.2 Å². The molecule has 12 heteroatoms. The van der Waals surface area contributed by atoms with Crippen LogP contribution in [0.15, 0.2) is 77.7 Å². The fraction of sp³-hybridized carbons (Fsp3) is 0.459. The first-order chi connectivity index (χ1) is 23.4. The molecule has 0 saturated heterocycles. The van der Waals surface area contributed by atoms with Crippen LogP contribution in [0.4, 0.5) is 5.69 Å². The van der Waals surface area contributed by atoms with Gasteiger partial charge in [0, 0.05) is 38.3 Å². The van der Waals surface area contributed by atoms with E-state index in [0.29, 0.717) is 31.1 Å². The van der Waals surface area contributed by atoms with Crippen molar-refractivity contribution in [1.29, 1.82) is 0 Å². The molecular weight excluding hydrogens is 646 g/mol. The van der Waals surface area contributed by atoms with Crippen LogP contribution in [-0.2, 0) is 26.0 Å². The summed E-state index contributed by atoms with van der Waals surface area (Å²) >= 11 is 0. The number of fused-ring (bicyclic) bond motifs is 1. The second kappa shape index (κ2) is 17.5. The highest BCUT2D eigenvalue weighted by Gasteiger charge is 2.31. The number of anilines is 1. The Bertz CT molecular complexity index is 1640. The lowest BCUT2D eigenvalue weighted by molar-refractivity contribution is -0.131. The van der Waals surface area contributed by atoms with E-state index in [-0.39, 0.29) is 59.8 Å². The van der Waals surface area contributed by atoms with Gasteiger partial charge in [0.2, 0.25) is 5.91 Å². The molecule has 2 N–H and O–H groups in total. The van der Waals surface area contributed by atoms with Crippen molar-refractivity contribution < 1.29 is 37.3 Å². The molecular formula is C37H49N3O8S. The van der Waals surface area contributed by atoms with Gasteiger partial charge in [-0.25, -0.2) is 8.42 Å². The Hall–Kier alpha value is -4.13. The molecule has 0 aliphatic carbocycles. The second-order valence-electron chi connectivity index (χ2n) is 12.7. The number of carbonyl (C=O) groups excluding carboxylic acids is 2. The Morgan fingerprint density at radius 2 is 1.80 bits per heavy atom. The molecule has 3 aromatic carbocycles. The number of amides is 2. The van der Waals surface area contributed by atoms with Crippen LogP contribution in [0.25, 0.3) is 0 Å². The van der Waals surface area contributed by atoms with Crippen LogP contribution >= 0.6 is 0 Å². The third-order valence-electron chi connectivity index (χ3n) is 8.75. The molecule has 0 unspecified atom stereocenters. The maximum atomic E-state index is 14.4. The second-order valence-corrected chi connectivity index (χ2v) is 14.4. The third kappa shape index (κ3) is 10.4. The number of nitrogens with zero attached hydrogens (tertiary/aromatic N) is 2. The minimum atomic E-state index is -3.99. The maximum absolute atomic E-state index is 14.4. The van der Waals surface area contributed by atoms with Crippen molar-refractivity contribution in [2.24, 2.45) is 5.92 Å². The predicted octanol–water partition coefficient (Wildman–Crippen LogP) is 4.99. The zero-order valence-corrected chi connectivity index (χ0v) is 29.8. The lowest BCUT2D eigenvalue weighted by Crippen LogP contribution is -2.48. The molecule has 266 valence electrons. The molecule has 4 rings (SSSR count). The summed E-state index contributed by atoms with van der Waals surface area (Å²) in [6.07, 6.45) is 1.95. The fourth-order valence-corrected chi connectivity index (χ4v) is 6.74. The van der Waals surface area contributed by atoms with Gasteiger partial charge in [-0.15, -0.1) is 0 Å². The Balaban J connectivity index is 1.63. The van der Waals surface area contributed by atoms with Gasteiger partial charge in [0.25, 0.3) is 15.9 Å². The number of rotatable bonds is 10. The number of nitrogens with one attached hydrogen (secondary N) is 1. The number of aliphatic hydroxyl groups excluding tert-OH is 1. The van der Waals surface area contributed by atoms with Crippen LogP contribution in [0.1, 0.15) is 56.0 Å². The molecule has 1 heterocycles. The molecule has 0 fully saturated rings. The van der Waals surface area contributed by atoms with Crippen molar-refractivity contribution in [3.05, 3.63) is 83.9 Å². The highest BCUT2D eigenvalue weighted by molar-refractivity contribution is 7.92. The average molecular weight is 696 g/mol. The number of ether oxygens (including phenoxy) is 3. The molecule has 0 spiro atoms. The molecule has 2 amide bonds. The van der Waals surface area contributed by atoms with E-state index in [9.17, 15) is 23.1 Å². The number of benzene rings is 3. The molecule has 4 atom stereocenters. The predicted molar refractivity (Wildman–Crippen MR) is 188 cm³/mol. The van der Waals surface area contributed by atoms with E-state index in [2.05, 4.69) is 4.72 Å². The van der Waals surface area contributed by atoms with Crippen LogP contribution in [0.2, 0.25) is 0 Å². The van der Waals surface area contributed by atoms with Gasteiger partial charge in [-0.05, 0) is 81.1 Å². The van der Waals surface area contributed by atoms with Gasteiger partial charge >= 0.3 is 0 Å². The van der Waals surface area contributed by atoms with Crippen molar-refractivity contribution in [3.63, 3.8) is 0 Å². The molecule has 1 aliphatic heterocycles. The molecule has 0 aromatic heterocycles. The summed E-state index contributed by atoms with van der Waals surface area (Å²) in [6.45, 7) is 6.37. The first-order valence-corrected chi connectivity index (χ1v) is 18.2. The van der Waals surface area contributed by atoms with E-state index in [1.165, 1.54) is 25.3 Å². The van der Waals surface area contributed by atoms with Crippen molar-refractivity contribution in [2.45, 2.75) is 69.6 Å². The molecule has 0 saturated carbocycles. The van der Waals surface area contributed by atoms with Gasteiger partial charge in [-0.2, -0.15) is 0 Å². The van der Waals surface area contributed by atoms with Gasteiger partial charge in [-0.1, -0.05) is 37.3 Å². The van der Waals surface area contributed by atoms with Crippen molar-refractivity contribution in [1.82, 2.24) is 9.80 Å². The van der Waals surface area contributed by atoms with E-state index in [0.717, 1.165) is 18.4 Å². The zero-order chi connectivity index (χ0) is 35.6. The molecule has 3 aromatic rings. The summed E-state index contributed by atoms with van der Waals surface area (Å²) in [4.78, 5) is 30.8. The summed E-state index contributed by atoms with van der Waals surface area (Å²) in [6, 6.07) is 19.6. The van der Waals surface area contributed by atoms with Crippen LogP contribution < -0.4 is 14.2 Å². The Morgan fingerprint density at radius 3 is 2.47 bits per heavy atom. The highest BCUT2D eigenvalue weighted by Crippen LogP contribution is 2.30. The summed E-state index contributed by atoms with van der Waals surface area (Å²) in [5.41, 5.74) is 1.28. The first-order valence-electron chi connectivity index (χ1n) is 16.7. The first kappa shape index (κ1) is 37.7. The molecule has 11 nitrogen and oxygen atoms in total. The highest BCUT2D eigenvalue weighted by atomic mass is 32.2. The quantitative estimate of drug-likeness (QED) is 0.303. The van der Waals surface area contributed by atoms with Gasteiger partial charge in [0.15, 0.2) is 0 Å². The Labute approximate surface area is 290 Å². The number of aliphatic hydroxyl groups is 1. The largest absolute Gasteiger partial charge is 0.497 e. The minimum absolute atomic E-state index is 0.0344. The summed E-state index contributed by atoms with van der Waals surface area (Å²) in [5.74, 6) is 0.150. The van der Waals surface area contributed by atoms with Gasteiger partial charge in [-0.3, -0.25) is 14.3 Å². The van der Waals surface area contributed by atoms with Crippen LogP contribution in [0.5, 0.6) is 11.5 Å². The van der Waals surface area contributed by atoms with Crippen molar-refractivity contribution in [2.75, 3.05) is 45.2 Å². The van der Waals surface area contributed by atoms with E-state index in [1.54, 1.807) is 48.0 Å². The zero-order valence-electron chi connectivity index (χ0n) is 29.0. The van der Waals surface area contributed by atoms with Crippen LogP contribution in [-0.4, -0.2) is 93.8 Å². The number of likely N-dealkylation sites (N-methyl/N-ethyl adjacent to an activating group) is 1. The number of hydrogen-bond donors (Lipinski definition) is 2. The van der Waals surface area contributed by atoms with Crippen LogP contribution in [0, 0.1) is 5.92 Å². The fourth-order valence-electron chi connectivity index (χ4n) is 5.69. The standard InChI is InChI=1S/C37H49N3O8S/c1-26-23-40(27(2)25-41)37(43)33-22-30(38-49(44,45)32-17-15-31(46-5)16-18-32)14-19-34(33)48-28(3)11-9-10-20-47-35(26)24-39(4)36(42)21-29-12-7-6-8-13-29/h6-8,12-19,22,26-28,35,38,41H,9-11,20-21,23-25H2,1-5H3/t26-,27+,28+,35+/m0/s1. The third-order valence-corrected chi connectivity index (χ3v) is 10.1. The molecule has 1 aliphatic rings. The van der Waals surface area contributed by atoms with E-state index in [4.69, 9.17) is 14.2 Å². The van der Waals surface area contributed by atoms with E-state index < -0.39 is 22.0 Å². The summed E-state index contributed by atoms with van der Waals surface area (Å²) < 4.78 is 46.9. The molecule has 0 radical (unpaired) electrons. The Morgan fingerprint density at radius 1 is 1.08 bits per heavy atom. The molecule has 0 bridgehead atoms. The van der Waals surface area contributed by atoms with Crippen LogP contribution in [0.3, 0.4) is 0 Å². The number of methoxy groups -OCH3 is 1. The minimum Gasteiger partial charge on any atom is -0.497 e. The smallest absolute Gasteiger partial charge is 0.261 e. The van der Waals surface area contributed by atoms with Crippen molar-refractivity contribution in [3.8, 4) is 11.5 Å². The maximum Gasteiger partial charge on any atom is 0.261 e. The average Bonchev–Trinajstić information content (AvgIpc) is 3.09. The summed E-state index contributed by atoms with van der Waals surface area (Å²) in [5, 5.41) is 10.2. The lowest BCUT2D eigenvalue weighted by atomic mass is 10.0. The topological polar surface area (TPSA) is 135 Å². The number of sulfonamides is 1. The summed E-state index contributed by atoms with van der Waals surface area (Å²) in [7, 11) is -0.733.